The number of hydrogen-bond donors (Lipinski definition) is 1. The smallest absolute Gasteiger partial charge is 0.171 e. The molecule has 2 unspecified atom stereocenters. The Labute approximate surface area is 95.4 Å². The van der Waals surface area contributed by atoms with Crippen molar-refractivity contribution in [1.82, 2.24) is 10.4 Å². The summed E-state index contributed by atoms with van der Waals surface area (Å²) in [5, 5.41) is 3.26. The maximum atomic E-state index is 5.30. The second-order valence-corrected chi connectivity index (χ2v) is 5.18. The van der Waals surface area contributed by atoms with Crippen LogP contribution in [0.1, 0.15) is 13.8 Å². The number of hydrazine groups is 1. The molecule has 2 rings (SSSR count). The van der Waals surface area contributed by atoms with Crippen molar-refractivity contribution >= 4 is 16.9 Å². The molecule has 0 aromatic rings. The van der Waals surface area contributed by atoms with Gasteiger partial charge in [-0.15, -0.1) is 0 Å². The van der Waals surface area contributed by atoms with E-state index in [2.05, 4.69) is 29.3 Å². The highest BCUT2D eigenvalue weighted by Gasteiger charge is 2.21. The topological polar surface area (TPSA) is 36.9 Å². The second-order valence-electron chi connectivity index (χ2n) is 4.17. The van der Waals surface area contributed by atoms with Crippen LogP contribution in [0.3, 0.4) is 0 Å². The van der Waals surface area contributed by atoms with Crippen LogP contribution < -0.4 is 5.43 Å². The van der Waals surface area contributed by atoms with E-state index in [-0.39, 0.29) is 0 Å². The van der Waals surface area contributed by atoms with Crippen molar-refractivity contribution in [3.05, 3.63) is 0 Å². The summed E-state index contributed by atoms with van der Waals surface area (Å²) in [4.78, 5) is 4.64. The van der Waals surface area contributed by atoms with Crippen molar-refractivity contribution in [3.63, 3.8) is 0 Å². The van der Waals surface area contributed by atoms with Crippen LogP contribution in [0.5, 0.6) is 0 Å². The standard InChI is InChI=1S/C10H19N3OS/c1-8-7-15-10(11-9(8)2)12-13-3-5-14-6-4-13/h8-9H,3-7H2,1-2H3,(H,11,12). The quantitative estimate of drug-likeness (QED) is 0.726. The number of hydrogen-bond acceptors (Lipinski definition) is 5. The van der Waals surface area contributed by atoms with Gasteiger partial charge in [0.25, 0.3) is 0 Å². The maximum absolute atomic E-state index is 5.30. The highest BCUT2D eigenvalue weighted by atomic mass is 32.2. The molecule has 1 fully saturated rings. The molecule has 2 aliphatic rings. The van der Waals surface area contributed by atoms with Gasteiger partial charge >= 0.3 is 0 Å². The summed E-state index contributed by atoms with van der Waals surface area (Å²) >= 11 is 1.83. The van der Waals surface area contributed by atoms with Gasteiger partial charge in [-0.1, -0.05) is 18.7 Å². The molecule has 1 N–H and O–H groups in total. The van der Waals surface area contributed by atoms with E-state index < -0.39 is 0 Å². The van der Waals surface area contributed by atoms with Gasteiger partial charge in [0.1, 0.15) is 0 Å². The Morgan fingerprint density at radius 3 is 2.80 bits per heavy atom. The number of ether oxygens (including phenoxy) is 1. The van der Waals surface area contributed by atoms with Gasteiger partial charge in [0.05, 0.1) is 19.3 Å². The van der Waals surface area contributed by atoms with Gasteiger partial charge in [-0.3, -0.25) is 10.4 Å². The lowest BCUT2D eigenvalue weighted by Gasteiger charge is -2.31. The Balaban J connectivity index is 1.85. The first kappa shape index (κ1) is 11.2. The van der Waals surface area contributed by atoms with E-state index in [1.54, 1.807) is 0 Å². The molecule has 0 aliphatic carbocycles. The number of thioether (sulfide) groups is 1. The fourth-order valence-electron chi connectivity index (χ4n) is 1.57. The highest BCUT2D eigenvalue weighted by Crippen LogP contribution is 2.21. The SMILES string of the molecule is CC1CSC(NN2CCOCC2)=NC1C. The van der Waals surface area contributed by atoms with Crippen LogP contribution in [0.2, 0.25) is 0 Å². The lowest BCUT2D eigenvalue weighted by Crippen LogP contribution is -2.48. The van der Waals surface area contributed by atoms with Crippen LogP contribution in [0.15, 0.2) is 4.99 Å². The van der Waals surface area contributed by atoms with Crippen LogP contribution in [0.25, 0.3) is 0 Å². The van der Waals surface area contributed by atoms with Crippen LogP contribution in [-0.4, -0.2) is 48.3 Å². The molecule has 0 aromatic carbocycles. The summed E-state index contributed by atoms with van der Waals surface area (Å²) in [6, 6.07) is 0.440. The third kappa shape index (κ3) is 3.09. The predicted octanol–water partition coefficient (Wildman–Crippen LogP) is 0.951. The fourth-order valence-corrected chi connectivity index (χ4v) is 2.70. The molecule has 4 nitrogen and oxygen atoms in total. The lowest BCUT2D eigenvalue weighted by molar-refractivity contribution is 0.0252. The first-order valence-electron chi connectivity index (χ1n) is 5.55. The summed E-state index contributed by atoms with van der Waals surface area (Å²) in [5.41, 5.74) is 3.38. The van der Waals surface area contributed by atoms with E-state index in [0.717, 1.165) is 37.2 Å². The zero-order valence-electron chi connectivity index (χ0n) is 9.40. The van der Waals surface area contributed by atoms with Crippen molar-refractivity contribution in [3.8, 4) is 0 Å². The molecule has 2 atom stereocenters. The normalized spacial score (nSPS) is 33.6. The van der Waals surface area contributed by atoms with Crippen molar-refractivity contribution in [2.75, 3.05) is 32.1 Å². The zero-order chi connectivity index (χ0) is 10.7. The summed E-state index contributed by atoms with van der Waals surface area (Å²) in [6.07, 6.45) is 0. The van der Waals surface area contributed by atoms with E-state index in [1.165, 1.54) is 0 Å². The Bertz CT molecular complexity index is 241. The molecule has 0 aromatic heterocycles. The van der Waals surface area contributed by atoms with Gasteiger partial charge < -0.3 is 4.74 Å². The number of amidine groups is 1. The van der Waals surface area contributed by atoms with Crippen molar-refractivity contribution < 1.29 is 4.74 Å². The molecular weight excluding hydrogens is 210 g/mol. The first-order valence-corrected chi connectivity index (χ1v) is 6.54. The molecule has 0 bridgehead atoms. The van der Waals surface area contributed by atoms with Gasteiger partial charge in [-0.25, -0.2) is 5.01 Å². The van der Waals surface area contributed by atoms with E-state index in [0.29, 0.717) is 12.0 Å². The number of nitrogens with one attached hydrogen (secondary N) is 1. The number of rotatable bonds is 1. The van der Waals surface area contributed by atoms with Crippen LogP contribution in [-0.2, 0) is 4.74 Å². The number of nitrogens with zero attached hydrogens (tertiary/aromatic N) is 2. The molecule has 2 aliphatic heterocycles. The van der Waals surface area contributed by atoms with Gasteiger partial charge in [0.2, 0.25) is 0 Å². The maximum Gasteiger partial charge on any atom is 0.171 e. The Morgan fingerprint density at radius 1 is 1.40 bits per heavy atom. The minimum Gasteiger partial charge on any atom is -0.379 e. The fraction of sp³-hybridized carbons (Fsp3) is 0.900. The highest BCUT2D eigenvalue weighted by molar-refractivity contribution is 8.13. The lowest BCUT2D eigenvalue weighted by atomic mass is 10.1. The first-order chi connectivity index (χ1) is 7.25. The second kappa shape index (κ2) is 5.18. The molecule has 5 heteroatoms. The Morgan fingerprint density at radius 2 is 2.13 bits per heavy atom. The molecular formula is C10H19N3OS. The molecule has 2 heterocycles. The van der Waals surface area contributed by atoms with E-state index in [4.69, 9.17) is 4.74 Å². The predicted molar refractivity (Wildman–Crippen MR) is 64.0 cm³/mol. The van der Waals surface area contributed by atoms with Gasteiger partial charge in [-0.2, -0.15) is 0 Å². The minimum absolute atomic E-state index is 0.440. The molecule has 1 saturated heterocycles. The Kier molecular flexibility index (Phi) is 3.88. The summed E-state index contributed by atoms with van der Waals surface area (Å²) in [6.45, 7) is 7.97. The summed E-state index contributed by atoms with van der Waals surface area (Å²) in [7, 11) is 0. The number of morpholine rings is 1. The van der Waals surface area contributed by atoms with Gasteiger partial charge in [0, 0.05) is 18.8 Å². The molecule has 0 saturated carbocycles. The third-order valence-electron chi connectivity index (χ3n) is 2.89. The third-order valence-corrected chi connectivity index (χ3v) is 4.05. The summed E-state index contributed by atoms with van der Waals surface area (Å²) in [5.74, 6) is 1.85. The minimum atomic E-state index is 0.440. The van der Waals surface area contributed by atoms with E-state index in [9.17, 15) is 0 Å². The van der Waals surface area contributed by atoms with Crippen molar-refractivity contribution in [2.45, 2.75) is 19.9 Å². The molecule has 0 spiro atoms. The monoisotopic (exact) mass is 229 g/mol. The summed E-state index contributed by atoms with van der Waals surface area (Å²) < 4.78 is 5.30. The molecule has 0 radical (unpaired) electrons. The largest absolute Gasteiger partial charge is 0.379 e. The Hall–Kier alpha value is -0.260. The molecule has 15 heavy (non-hydrogen) atoms. The van der Waals surface area contributed by atoms with Crippen LogP contribution in [0, 0.1) is 5.92 Å². The van der Waals surface area contributed by atoms with Gasteiger partial charge in [0.15, 0.2) is 5.17 Å². The molecule has 0 amide bonds. The molecule has 86 valence electrons. The van der Waals surface area contributed by atoms with Gasteiger partial charge in [-0.05, 0) is 12.8 Å². The van der Waals surface area contributed by atoms with E-state index >= 15 is 0 Å². The van der Waals surface area contributed by atoms with Crippen LogP contribution in [0.4, 0.5) is 0 Å². The average Bonchev–Trinajstić information content (AvgIpc) is 2.25. The van der Waals surface area contributed by atoms with E-state index in [1.807, 2.05) is 11.8 Å². The zero-order valence-corrected chi connectivity index (χ0v) is 10.2. The van der Waals surface area contributed by atoms with Crippen molar-refractivity contribution in [2.24, 2.45) is 10.9 Å². The number of aliphatic imine (C=N–C) groups is 1. The van der Waals surface area contributed by atoms with Crippen LogP contribution >= 0.6 is 11.8 Å². The van der Waals surface area contributed by atoms with Crippen molar-refractivity contribution in [1.29, 1.82) is 0 Å². The average molecular weight is 229 g/mol.